The maximum atomic E-state index is 12.1. The molecule has 1 radical (unpaired) electrons. The number of carbonyl (C=O) groups excluding carboxylic acids is 1. The van der Waals surface area contributed by atoms with Crippen LogP contribution in [0.3, 0.4) is 0 Å². The first-order chi connectivity index (χ1) is 14.4. The van der Waals surface area contributed by atoms with Gasteiger partial charge < -0.3 is 50.0 Å². The molecule has 2 rings (SSSR count). The van der Waals surface area contributed by atoms with Gasteiger partial charge in [-0.25, -0.2) is 4.79 Å². The molecule has 0 aromatic heterocycles. The number of urea groups is 1. The molecule has 12 heteroatoms. The first-order valence-corrected chi connectivity index (χ1v) is 10.4. The molecule has 1 saturated carbocycles. The third-order valence-electron chi connectivity index (χ3n) is 5.62. The molecule has 1 heterocycles. The van der Waals surface area contributed by atoms with Gasteiger partial charge in [0.05, 0.1) is 31.5 Å². The summed E-state index contributed by atoms with van der Waals surface area (Å²) in [6.45, 7) is 0.801. The maximum Gasteiger partial charge on any atom is 0.315 e. The van der Waals surface area contributed by atoms with Gasteiger partial charge in [-0.1, -0.05) is 0 Å². The number of nitrogens with one attached hydrogen (secondary N) is 2. The molecule has 2 fully saturated rings. The summed E-state index contributed by atoms with van der Waals surface area (Å²) in [7, 11) is 3.08. The van der Waals surface area contributed by atoms with Crippen molar-refractivity contribution in [1.29, 1.82) is 0 Å². The zero-order valence-electron chi connectivity index (χ0n) is 18.2. The molecule has 0 aromatic carbocycles. The molecule has 7 unspecified atom stereocenters. The van der Waals surface area contributed by atoms with Gasteiger partial charge in [0.2, 0.25) is 0 Å². The summed E-state index contributed by atoms with van der Waals surface area (Å²) in [5, 5.41) is 44.5. The minimum absolute atomic E-state index is 0. The van der Waals surface area contributed by atoms with E-state index in [1.165, 1.54) is 7.11 Å². The summed E-state index contributed by atoms with van der Waals surface area (Å²) in [6, 6.07) is -0.620. The van der Waals surface area contributed by atoms with Gasteiger partial charge in [-0.05, 0) is 19.3 Å². The molecule has 11 nitrogen and oxygen atoms in total. The molecular weight excluding hydrogens is 489 g/mol. The van der Waals surface area contributed by atoms with Gasteiger partial charge in [0.1, 0.15) is 18.3 Å². The van der Waals surface area contributed by atoms with Gasteiger partial charge in [0.15, 0.2) is 6.29 Å². The molecule has 1 aliphatic heterocycles. The number of hydrogen-bond acceptors (Lipinski definition) is 9. The van der Waals surface area contributed by atoms with Gasteiger partial charge in [-0.3, -0.25) is 0 Å². The van der Waals surface area contributed by atoms with Crippen molar-refractivity contribution in [3.63, 3.8) is 0 Å². The fraction of sp³-hybridized carbons (Fsp3) is 0.947. The summed E-state index contributed by atoms with van der Waals surface area (Å²) >= 11 is 0. The Morgan fingerprint density at radius 3 is 2.52 bits per heavy atom. The van der Waals surface area contributed by atoms with Crippen molar-refractivity contribution >= 4 is 6.03 Å². The molecule has 0 spiro atoms. The van der Waals surface area contributed by atoms with E-state index in [1.807, 2.05) is 0 Å². The van der Waals surface area contributed by atoms with Crippen LogP contribution in [0, 0.1) is 5.92 Å². The largest absolute Gasteiger partial charge is 0.394 e. The Labute approximate surface area is 208 Å². The monoisotopic (exact) mass is 525 g/mol. The molecule has 2 amide bonds. The van der Waals surface area contributed by atoms with Crippen LogP contribution in [0.25, 0.3) is 0 Å². The van der Waals surface area contributed by atoms with E-state index in [0.717, 1.165) is 0 Å². The van der Waals surface area contributed by atoms with E-state index < -0.39 is 43.4 Å². The number of unbranched alkanes of at least 4 members (excludes halogenated alkanes) is 1. The predicted molar refractivity (Wildman–Crippen MR) is 105 cm³/mol. The van der Waals surface area contributed by atoms with E-state index in [4.69, 9.17) is 24.1 Å². The van der Waals surface area contributed by atoms with E-state index >= 15 is 0 Å². The second-order valence-corrected chi connectivity index (χ2v) is 7.81. The summed E-state index contributed by atoms with van der Waals surface area (Å²) in [5.41, 5.74) is 0. The maximum absolute atomic E-state index is 12.1. The van der Waals surface area contributed by atoms with Crippen molar-refractivity contribution in [2.75, 3.05) is 40.6 Å². The number of rotatable bonds is 11. The van der Waals surface area contributed by atoms with E-state index in [2.05, 4.69) is 10.6 Å². The van der Waals surface area contributed by atoms with Crippen LogP contribution in [0.4, 0.5) is 4.79 Å². The standard InChI is InChI=1S/C19H36N2O9.Y/c1-27-10-11-7-12(18(28-2)16(11)24)21-19(26)20-5-3-4-6-29-15-8-13(23)17(25)14(9-22)30-15;/h11-18,22-25H,3-10H2,1-2H3,(H2,20,21,26);/t11?,12-,13?,14?,15?,16?,17?,18?;/m0./s1. The molecule has 0 aromatic rings. The van der Waals surface area contributed by atoms with E-state index in [-0.39, 0.29) is 57.1 Å². The first kappa shape index (κ1) is 29.1. The minimum Gasteiger partial charge on any atom is -0.394 e. The van der Waals surface area contributed by atoms with Crippen molar-refractivity contribution in [2.45, 2.75) is 68.5 Å². The number of methoxy groups -OCH3 is 2. The number of carbonyl (C=O) groups is 1. The Bertz CT molecular complexity index is 519. The van der Waals surface area contributed by atoms with Gasteiger partial charge in [-0.15, -0.1) is 0 Å². The fourth-order valence-corrected chi connectivity index (χ4v) is 3.97. The van der Waals surface area contributed by atoms with Crippen molar-refractivity contribution in [3.05, 3.63) is 0 Å². The second-order valence-electron chi connectivity index (χ2n) is 7.81. The zero-order chi connectivity index (χ0) is 22.1. The summed E-state index contributed by atoms with van der Waals surface area (Å²) in [4.78, 5) is 12.1. The molecule has 0 bridgehead atoms. The van der Waals surface area contributed by atoms with Crippen LogP contribution in [0.1, 0.15) is 25.7 Å². The summed E-state index contributed by atoms with van der Waals surface area (Å²) in [5.74, 6) is -0.0885. The number of aliphatic hydroxyl groups is 4. The SMILES string of the molecule is COCC1C[C@H](NC(=O)NCCCCOC2CC(O)C(O)C(CO)O2)C(OC)C1O.[Y]. The van der Waals surface area contributed by atoms with Crippen LogP contribution >= 0.6 is 0 Å². The van der Waals surface area contributed by atoms with Crippen LogP contribution < -0.4 is 10.6 Å². The summed E-state index contributed by atoms with van der Waals surface area (Å²) in [6.07, 6.45) is -2.80. The van der Waals surface area contributed by atoms with Gasteiger partial charge in [-0.2, -0.15) is 0 Å². The Kier molecular flexibility index (Phi) is 14.1. The molecule has 1 aliphatic carbocycles. The second kappa shape index (κ2) is 15.1. The van der Waals surface area contributed by atoms with Crippen molar-refractivity contribution in [2.24, 2.45) is 5.92 Å². The van der Waals surface area contributed by atoms with Gasteiger partial charge >= 0.3 is 6.03 Å². The van der Waals surface area contributed by atoms with Crippen molar-refractivity contribution in [1.82, 2.24) is 10.6 Å². The average molecular weight is 525 g/mol. The fourth-order valence-electron chi connectivity index (χ4n) is 3.97. The Balaban J connectivity index is 0.00000480. The quantitative estimate of drug-likeness (QED) is 0.173. The van der Waals surface area contributed by atoms with Crippen LogP contribution in [0.5, 0.6) is 0 Å². The van der Waals surface area contributed by atoms with Gasteiger partial charge in [0.25, 0.3) is 0 Å². The first-order valence-electron chi connectivity index (χ1n) is 10.4. The van der Waals surface area contributed by atoms with E-state index in [1.54, 1.807) is 7.11 Å². The molecule has 6 N–H and O–H groups in total. The van der Waals surface area contributed by atoms with E-state index in [0.29, 0.717) is 39.0 Å². The van der Waals surface area contributed by atoms with Crippen molar-refractivity contribution in [3.8, 4) is 0 Å². The van der Waals surface area contributed by atoms with Crippen LogP contribution in [-0.4, -0.2) is 110 Å². The third-order valence-corrected chi connectivity index (χ3v) is 5.62. The Morgan fingerprint density at radius 2 is 1.87 bits per heavy atom. The van der Waals surface area contributed by atoms with Crippen LogP contribution in [0.15, 0.2) is 0 Å². The predicted octanol–water partition coefficient (Wildman–Crippen LogP) is -1.68. The molecular formula is C19H36N2O9Y. The summed E-state index contributed by atoms with van der Waals surface area (Å²) < 4.78 is 21.4. The Hall–Kier alpha value is 0.0539. The number of aliphatic hydroxyl groups excluding tert-OH is 4. The minimum atomic E-state index is -1.12. The molecule has 31 heavy (non-hydrogen) atoms. The Morgan fingerprint density at radius 1 is 1.13 bits per heavy atom. The zero-order valence-corrected chi connectivity index (χ0v) is 21.0. The molecule has 8 atom stereocenters. The third kappa shape index (κ3) is 8.73. The van der Waals surface area contributed by atoms with Crippen LogP contribution in [-0.2, 0) is 51.7 Å². The average Bonchev–Trinajstić information content (AvgIpc) is 3.01. The number of ether oxygens (including phenoxy) is 4. The van der Waals surface area contributed by atoms with Crippen molar-refractivity contribution < 1.29 is 76.9 Å². The number of amides is 2. The molecule has 1 saturated heterocycles. The topological polar surface area (TPSA) is 159 Å². The normalized spacial score (nSPS) is 35.4. The molecule has 2 aliphatic rings. The molecule has 179 valence electrons. The van der Waals surface area contributed by atoms with Crippen LogP contribution in [0.2, 0.25) is 0 Å². The van der Waals surface area contributed by atoms with Gasteiger partial charge in [0, 0.05) is 72.4 Å². The smallest absolute Gasteiger partial charge is 0.315 e. The number of hydrogen-bond donors (Lipinski definition) is 6. The van der Waals surface area contributed by atoms with E-state index in [9.17, 15) is 20.1 Å².